The molecule has 0 aliphatic carbocycles. The van der Waals surface area contributed by atoms with Gasteiger partial charge in [-0.1, -0.05) is 13.8 Å². The molecular weight excluding hydrogens is 314 g/mol. The molecule has 130 valence electrons. The lowest BCUT2D eigenvalue weighted by Gasteiger charge is -2.38. The summed E-state index contributed by atoms with van der Waals surface area (Å²) in [7, 11) is 0. The Bertz CT molecular complexity index is 938. The zero-order chi connectivity index (χ0) is 17.6. The summed E-state index contributed by atoms with van der Waals surface area (Å²) in [4.78, 5) is 3.34. The first-order valence-corrected chi connectivity index (χ1v) is 8.90. The van der Waals surface area contributed by atoms with Crippen LogP contribution in [0.4, 0.5) is 0 Å². The Morgan fingerprint density at radius 1 is 1.08 bits per heavy atom. The topological polar surface area (TPSA) is 65.5 Å². The van der Waals surface area contributed by atoms with E-state index in [1.807, 2.05) is 18.2 Å². The van der Waals surface area contributed by atoms with Gasteiger partial charge < -0.3 is 19.9 Å². The van der Waals surface area contributed by atoms with Crippen molar-refractivity contribution in [2.75, 3.05) is 0 Å². The average molecular weight is 337 g/mol. The Kier molecular flexibility index (Phi) is 3.64. The second kappa shape index (κ2) is 5.73. The van der Waals surface area contributed by atoms with E-state index < -0.39 is 0 Å². The Morgan fingerprint density at radius 3 is 2.64 bits per heavy atom. The fourth-order valence-electron chi connectivity index (χ4n) is 3.79. The van der Waals surface area contributed by atoms with Crippen molar-refractivity contribution in [3.63, 3.8) is 0 Å². The van der Waals surface area contributed by atoms with E-state index in [4.69, 9.17) is 4.74 Å². The number of hydrogen-bond acceptors (Lipinski definition) is 3. The Balaban J connectivity index is 1.79. The van der Waals surface area contributed by atoms with Crippen LogP contribution in [0.2, 0.25) is 0 Å². The first-order valence-electron chi connectivity index (χ1n) is 8.90. The molecule has 0 unspecified atom stereocenters. The first-order chi connectivity index (χ1) is 12.0. The molecule has 1 aromatic heterocycles. The zero-order valence-corrected chi connectivity index (χ0v) is 14.6. The summed E-state index contributed by atoms with van der Waals surface area (Å²) in [6, 6.07) is 11.0. The molecule has 0 bridgehead atoms. The number of hydrogen-bond donors (Lipinski definition) is 3. The summed E-state index contributed by atoms with van der Waals surface area (Å²) in [5, 5.41) is 21.1. The van der Waals surface area contributed by atoms with Crippen LogP contribution in [0.25, 0.3) is 22.2 Å². The Labute approximate surface area is 147 Å². The number of phenolic OH excluding ortho intramolecular Hbond substituents is 2. The number of fused-ring (bicyclic) bond motifs is 2. The second-order valence-corrected chi connectivity index (χ2v) is 6.92. The molecule has 25 heavy (non-hydrogen) atoms. The van der Waals surface area contributed by atoms with E-state index in [0.29, 0.717) is 0 Å². The van der Waals surface area contributed by atoms with Gasteiger partial charge >= 0.3 is 0 Å². The maximum atomic E-state index is 10.5. The van der Waals surface area contributed by atoms with Crippen molar-refractivity contribution in [1.82, 2.24) is 4.98 Å². The predicted molar refractivity (Wildman–Crippen MR) is 99.3 cm³/mol. The molecule has 2 aromatic carbocycles. The third-order valence-corrected chi connectivity index (χ3v) is 5.55. The third-order valence-electron chi connectivity index (χ3n) is 5.55. The summed E-state index contributed by atoms with van der Waals surface area (Å²) in [6.07, 6.45) is 3.69. The maximum Gasteiger partial charge on any atom is 0.127 e. The number of ether oxygens (including phenoxy) is 1. The average Bonchev–Trinajstić information content (AvgIpc) is 3.04. The van der Waals surface area contributed by atoms with Gasteiger partial charge in [-0.2, -0.15) is 0 Å². The largest absolute Gasteiger partial charge is 0.508 e. The molecule has 1 aliphatic heterocycles. The fraction of sp³-hybridized carbons (Fsp3) is 0.333. The first kappa shape index (κ1) is 15.9. The van der Waals surface area contributed by atoms with E-state index in [1.54, 1.807) is 18.2 Å². The quantitative estimate of drug-likeness (QED) is 0.621. The highest BCUT2D eigenvalue weighted by Gasteiger charge is 2.34. The fourth-order valence-corrected chi connectivity index (χ4v) is 3.79. The number of phenols is 2. The highest BCUT2D eigenvalue weighted by atomic mass is 16.5. The van der Waals surface area contributed by atoms with Gasteiger partial charge in [-0.3, -0.25) is 0 Å². The van der Waals surface area contributed by atoms with E-state index in [-0.39, 0.29) is 17.1 Å². The van der Waals surface area contributed by atoms with E-state index in [0.717, 1.165) is 59.2 Å². The van der Waals surface area contributed by atoms with Crippen LogP contribution < -0.4 is 4.74 Å². The molecule has 4 nitrogen and oxygen atoms in total. The highest BCUT2D eigenvalue weighted by Crippen LogP contribution is 2.43. The van der Waals surface area contributed by atoms with Gasteiger partial charge in [0.2, 0.25) is 0 Å². The lowest BCUT2D eigenvalue weighted by atomic mass is 9.86. The minimum Gasteiger partial charge on any atom is -0.508 e. The van der Waals surface area contributed by atoms with Crippen LogP contribution in [0.3, 0.4) is 0 Å². The monoisotopic (exact) mass is 337 g/mol. The lowest BCUT2D eigenvalue weighted by molar-refractivity contribution is 0.0377. The molecule has 3 aromatic rings. The van der Waals surface area contributed by atoms with Crippen molar-refractivity contribution in [3.8, 4) is 28.5 Å². The SMILES string of the molecule is CCC1(CC)CCc2c(O)cc(-c3cc4cc(O)ccc4[nH]3)cc2O1. The highest BCUT2D eigenvalue weighted by molar-refractivity contribution is 5.87. The van der Waals surface area contributed by atoms with Crippen molar-refractivity contribution < 1.29 is 14.9 Å². The van der Waals surface area contributed by atoms with Crippen molar-refractivity contribution in [1.29, 1.82) is 0 Å². The van der Waals surface area contributed by atoms with Crippen LogP contribution in [0, 0.1) is 0 Å². The molecule has 4 rings (SSSR count). The molecule has 0 amide bonds. The molecule has 0 saturated carbocycles. The smallest absolute Gasteiger partial charge is 0.127 e. The summed E-state index contributed by atoms with van der Waals surface area (Å²) < 4.78 is 6.34. The second-order valence-electron chi connectivity index (χ2n) is 6.92. The van der Waals surface area contributed by atoms with Crippen LogP contribution >= 0.6 is 0 Å². The standard InChI is InChI=1S/C21H23NO3/c1-3-21(4-2)8-7-16-19(24)11-14(12-20(16)25-21)18-10-13-9-15(23)5-6-17(13)22-18/h5-6,9-12,22-24H,3-4,7-8H2,1-2H3. The van der Waals surface area contributed by atoms with Gasteiger partial charge in [-0.05, 0) is 62.1 Å². The van der Waals surface area contributed by atoms with Crippen LogP contribution in [-0.4, -0.2) is 20.8 Å². The Hall–Kier alpha value is -2.62. The summed E-state index contributed by atoms with van der Waals surface area (Å²) in [5.41, 5.74) is 3.49. The number of nitrogens with one attached hydrogen (secondary N) is 1. The minimum absolute atomic E-state index is 0.135. The van der Waals surface area contributed by atoms with E-state index in [1.165, 1.54) is 0 Å². The predicted octanol–water partition coefficient (Wildman–Crippen LogP) is 5.13. The van der Waals surface area contributed by atoms with Gasteiger partial charge in [-0.25, -0.2) is 0 Å². The van der Waals surface area contributed by atoms with E-state index in [9.17, 15) is 10.2 Å². The molecular formula is C21H23NO3. The molecule has 0 atom stereocenters. The molecule has 0 saturated heterocycles. The number of aromatic nitrogens is 1. The summed E-state index contributed by atoms with van der Waals surface area (Å²) in [6.45, 7) is 4.31. The van der Waals surface area contributed by atoms with Crippen molar-refractivity contribution in [2.24, 2.45) is 0 Å². The van der Waals surface area contributed by atoms with Gasteiger partial charge in [0.25, 0.3) is 0 Å². The summed E-state index contributed by atoms with van der Waals surface area (Å²) >= 11 is 0. The molecule has 4 heteroatoms. The van der Waals surface area contributed by atoms with Crippen LogP contribution in [0.5, 0.6) is 17.2 Å². The molecule has 0 fully saturated rings. The molecule has 3 N–H and O–H groups in total. The van der Waals surface area contributed by atoms with Crippen LogP contribution in [0.1, 0.15) is 38.7 Å². The van der Waals surface area contributed by atoms with Gasteiger partial charge in [0, 0.05) is 27.7 Å². The van der Waals surface area contributed by atoms with Crippen molar-refractivity contribution >= 4 is 10.9 Å². The molecule has 0 radical (unpaired) electrons. The van der Waals surface area contributed by atoms with Crippen molar-refractivity contribution in [2.45, 2.75) is 45.1 Å². The van der Waals surface area contributed by atoms with Crippen LogP contribution in [-0.2, 0) is 6.42 Å². The number of aromatic hydroxyl groups is 2. The van der Waals surface area contributed by atoms with E-state index >= 15 is 0 Å². The van der Waals surface area contributed by atoms with Gasteiger partial charge in [-0.15, -0.1) is 0 Å². The number of benzene rings is 2. The van der Waals surface area contributed by atoms with Crippen LogP contribution in [0.15, 0.2) is 36.4 Å². The molecule has 2 heterocycles. The molecule has 0 spiro atoms. The normalized spacial score (nSPS) is 15.8. The number of rotatable bonds is 3. The number of H-pyrrole nitrogens is 1. The summed E-state index contributed by atoms with van der Waals surface area (Å²) in [5.74, 6) is 1.31. The van der Waals surface area contributed by atoms with E-state index in [2.05, 4.69) is 18.8 Å². The molecule has 1 aliphatic rings. The third kappa shape index (κ3) is 2.62. The number of aromatic amines is 1. The Morgan fingerprint density at radius 2 is 1.88 bits per heavy atom. The van der Waals surface area contributed by atoms with Gasteiger partial charge in [0.05, 0.1) is 0 Å². The minimum atomic E-state index is -0.135. The van der Waals surface area contributed by atoms with Gasteiger partial charge in [0.15, 0.2) is 0 Å². The van der Waals surface area contributed by atoms with Crippen molar-refractivity contribution in [3.05, 3.63) is 42.0 Å². The maximum absolute atomic E-state index is 10.5. The lowest BCUT2D eigenvalue weighted by Crippen LogP contribution is -2.38. The zero-order valence-electron chi connectivity index (χ0n) is 14.6. The van der Waals surface area contributed by atoms with Gasteiger partial charge in [0.1, 0.15) is 22.8 Å².